The highest BCUT2D eigenvalue weighted by Gasteiger charge is 2.22. The van der Waals surface area contributed by atoms with Crippen molar-refractivity contribution in [3.8, 4) is 5.88 Å². The highest BCUT2D eigenvalue weighted by atomic mass is 35.5. The van der Waals surface area contributed by atoms with Crippen LogP contribution in [0.3, 0.4) is 0 Å². The van der Waals surface area contributed by atoms with Gasteiger partial charge in [0.15, 0.2) is 0 Å². The number of hydrogen-bond acceptors (Lipinski definition) is 6. The molecular weight excluding hydrogens is 296 g/mol. The molecule has 1 saturated heterocycles. The molecule has 2 aromatic rings. The summed E-state index contributed by atoms with van der Waals surface area (Å²) in [7, 11) is 0. The van der Waals surface area contributed by atoms with Crippen molar-refractivity contribution in [1.29, 1.82) is 0 Å². The van der Waals surface area contributed by atoms with Gasteiger partial charge in [-0.25, -0.2) is 4.98 Å². The van der Waals surface area contributed by atoms with Gasteiger partial charge >= 0.3 is 0 Å². The van der Waals surface area contributed by atoms with Crippen LogP contribution in [-0.4, -0.2) is 34.9 Å². The van der Waals surface area contributed by atoms with Gasteiger partial charge in [0.25, 0.3) is 0 Å². The Morgan fingerprint density at radius 3 is 3.25 bits per heavy atom. The first-order valence-electron chi connectivity index (χ1n) is 6.57. The third kappa shape index (κ3) is 3.19. The van der Waals surface area contributed by atoms with Gasteiger partial charge in [0.1, 0.15) is 10.5 Å². The zero-order valence-electron chi connectivity index (χ0n) is 10.9. The van der Waals surface area contributed by atoms with E-state index in [1.54, 1.807) is 35.2 Å². The molecule has 1 fully saturated rings. The van der Waals surface area contributed by atoms with Crippen molar-refractivity contribution in [3.63, 3.8) is 0 Å². The van der Waals surface area contributed by atoms with E-state index in [0.717, 1.165) is 31.1 Å². The van der Waals surface area contributed by atoms with Crippen LogP contribution in [0.1, 0.15) is 12.8 Å². The van der Waals surface area contributed by atoms with Gasteiger partial charge < -0.3 is 9.64 Å². The molecular formula is C13H15ClN4OS. The first kappa shape index (κ1) is 13.6. The molecule has 1 aliphatic rings. The molecule has 0 saturated carbocycles. The fourth-order valence-electron chi connectivity index (χ4n) is 2.35. The monoisotopic (exact) mass is 310 g/mol. The summed E-state index contributed by atoms with van der Waals surface area (Å²) in [6, 6.07) is 3.59. The molecule has 2 aromatic heterocycles. The number of anilines is 1. The number of rotatable bonds is 4. The lowest BCUT2D eigenvalue weighted by Gasteiger charge is -2.31. The van der Waals surface area contributed by atoms with Gasteiger partial charge in [-0.3, -0.25) is 0 Å². The highest BCUT2D eigenvalue weighted by molar-refractivity contribution is 7.13. The summed E-state index contributed by atoms with van der Waals surface area (Å²) in [4.78, 5) is 6.42. The molecule has 1 unspecified atom stereocenters. The summed E-state index contributed by atoms with van der Waals surface area (Å²) < 4.78 is 5.74. The Morgan fingerprint density at radius 2 is 2.45 bits per heavy atom. The van der Waals surface area contributed by atoms with E-state index < -0.39 is 0 Å². The van der Waals surface area contributed by atoms with Crippen LogP contribution in [0.2, 0.25) is 5.02 Å². The van der Waals surface area contributed by atoms with Crippen molar-refractivity contribution in [1.82, 2.24) is 15.2 Å². The maximum atomic E-state index is 6.04. The van der Waals surface area contributed by atoms with Gasteiger partial charge in [0.2, 0.25) is 11.0 Å². The summed E-state index contributed by atoms with van der Waals surface area (Å²) in [6.07, 6.45) is 3.99. The molecule has 0 N–H and O–H groups in total. The first-order chi connectivity index (χ1) is 9.83. The molecule has 7 heteroatoms. The Bertz CT molecular complexity index is 551. The molecule has 0 radical (unpaired) electrons. The van der Waals surface area contributed by atoms with Gasteiger partial charge in [-0.2, -0.15) is 0 Å². The molecule has 0 spiro atoms. The lowest BCUT2D eigenvalue weighted by molar-refractivity contribution is 0.222. The average molecular weight is 311 g/mol. The topological polar surface area (TPSA) is 51.1 Å². The largest absolute Gasteiger partial charge is 0.476 e. The van der Waals surface area contributed by atoms with Crippen LogP contribution < -0.4 is 9.64 Å². The fourth-order valence-corrected chi connectivity index (χ4v) is 3.13. The number of nitrogens with zero attached hydrogens (tertiary/aromatic N) is 4. The van der Waals surface area contributed by atoms with Crippen LogP contribution in [-0.2, 0) is 0 Å². The number of halogens is 1. The van der Waals surface area contributed by atoms with Gasteiger partial charge in [0.05, 0.1) is 6.61 Å². The number of hydrogen-bond donors (Lipinski definition) is 0. The van der Waals surface area contributed by atoms with Crippen LogP contribution in [0, 0.1) is 5.92 Å². The van der Waals surface area contributed by atoms with Crippen molar-refractivity contribution in [2.24, 2.45) is 5.92 Å². The Hall–Kier alpha value is -1.40. The van der Waals surface area contributed by atoms with E-state index in [1.165, 1.54) is 0 Å². The summed E-state index contributed by atoms with van der Waals surface area (Å²) >= 11 is 7.62. The van der Waals surface area contributed by atoms with E-state index in [1.807, 2.05) is 0 Å². The predicted molar refractivity (Wildman–Crippen MR) is 79.6 cm³/mol. The number of ether oxygens (including phenoxy) is 1. The highest BCUT2D eigenvalue weighted by Crippen LogP contribution is 2.26. The third-order valence-electron chi connectivity index (χ3n) is 3.32. The second kappa shape index (κ2) is 6.37. The number of aromatic nitrogens is 3. The predicted octanol–water partition coefficient (Wildman–Crippen LogP) is 2.88. The SMILES string of the molecule is Clc1cccnc1OCC1CCCN(c2nncs2)C1. The number of piperidine rings is 1. The second-order valence-electron chi connectivity index (χ2n) is 4.78. The molecule has 0 aliphatic carbocycles. The summed E-state index contributed by atoms with van der Waals surface area (Å²) in [6.45, 7) is 2.61. The molecule has 20 heavy (non-hydrogen) atoms. The minimum absolute atomic E-state index is 0.464. The van der Waals surface area contributed by atoms with Crippen LogP contribution in [0.15, 0.2) is 23.8 Å². The molecule has 1 aliphatic heterocycles. The Labute approximate surface area is 126 Å². The standard InChI is InChI=1S/C13H15ClN4OS/c14-11-4-1-5-15-12(11)19-8-10-3-2-6-18(7-10)13-17-16-9-20-13/h1,4-5,9-10H,2-3,6-8H2. The van der Waals surface area contributed by atoms with Crippen LogP contribution in [0.4, 0.5) is 5.13 Å². The van der Waals surface area contributed by atoms with Crippen LogP contribution in [0.25, 0.3) is 0 Å². The Morgan fingerprint density at radius 1 is 1.50 bits per heavy atom. The van der Waals surface area contributed by atoms with Crippen molar-refractivity contribution < 1.29 is 4.74 Å². The van der Waals surface area contributed by atoms with Crippen LogP contribution >= 0.6 is 22.9 Å². The summed E-state index contributed by atoms with van der Waals surface area (Å²) in [5.74, 6) is 0.980. The smallest absolute Gasteiger partial charge is 0.232 e. The molecule has 3 rings (SSSR count). The molecule has 3 heterocycles. The molecule has 5 nitrogen and oxygen atoms in total. The third-order valence-corrected chi connectivity index (χ3v) is 4.36. The van der Waals surface area contributed by atoms with E-state index in [2.05, 4.69) is 20.1 Å². The van der Waals surface area contributed by atoms with Gasteiger partial charge in [-0.05, 0) is 25.0 Å². The van der Waals surface area contributed by atoms with Crippen LogP contribution in [0.5, 0.6) is 5.88 Å². The summed E-state index contributed by atoms with van der Waals surface area (Å²) in [5, 5.41) is 9.57. The van der Waals surface area contributed by atoms with E-state index in [9.17, 15) is 0 Å². The zero-order chi connectivity index (χ0) is 13.8. The summed E-state index contributed by atoms with van der Waals surface area (Å²) in [5.41, 5.74) is 1.77. The maximum Gasteiger partial charge on any atom is 0.232 e. The van der Waals surface area contributed by atoms with Crippen molar-refractivity contribution in [2.45, 2.75) is 12.8 Å². The molecule has 1 atom stereocenters. The first-order valence-corrected chi connectivity index (χ1v) is 7.83. The van der Waals surface area contributed by atoms with Gasteiger partial charge in [-0.1, -0.05) is 22.9 Å². The van der Waals surface area contributed by atoms with E-state index >= 15 is 0 Å². The van der Waals surface area contributed by atoms with E-state index in [4.69, 9.17) is 16.3 Å². The molecule has 0 amide bonds. The zero-order valence-corrected chi connectivity index (χ0v) is 12.5. The lowest BCUT2D eigenvalue weighted by atomic mass is 9.99. The van der Waals surface area contributed by atoms with Gasteiger partial charge in [-0.15, -0.1) is 10.2 Å². The van der Waals surface area contributed by atoms with E-state index in [0.29, 0.717) is 23.4 Å². The number of pyridine rings is 1. The minimum atomic E-state index is 0.464. The van der Waals surface area contributed by atoms with Crippen molar-refractivity contribution in [2.75, 3.05) is 24.6 Å². The van der Waals surface area contributed by atoms with Crippen molar-refractivity contribution in [3.05, 3.63) is 28.9 Å². The minimum Gasteiger partial charge on any atom is -0.476 e. The second-order valence-corrected chi connectivity index (χ2v) is 6.00. The lowest BCUT2D eigenvalue weighted by Crippen LogP contribution is -2.37. The van der Waals surface area contributed by atoms with E-state index in [-0.39, 0.29) is 0 Å². The molecule has 106 valence electrons. The van der Waals surface area contributed by atoms with Gasteiger partial charge in [0, 0.05) is 25.2 Å². The average Bonchev–Trinajstić information content (AvgIpc) is 3.01. The molecule has 0 aromatic carbocycles. The normalized spacial score (nSPS) is 19.1. The quantitative estimate of drug-likeness (QED) is 0.869. The Kier molecular flexibility index (Phi) is 4.32. The van der Waals surface area contributed by atoms with Crippen molar-refractivity contribution >= 4 is 28.1 Å². The molecule has 0 bridgehead atoms. The Balaban J connectivity index is 1.57. The maximum absolute atomic E-state index is 6.04. The fraction of sp³-hybridized carbons (Fsp3) is 0.462.